The van der Waals surface area contributed by atoms with Crippen molar-refractivity contribution >= 4 is 5.69 Å². The third kappa shape index (κ3) is 3.54. The van der Waals surface area contributed by atoms with E-state index in [-0.39, 0.29) is 6.61 Å². The maximum atomic E-state index is 9.21. The second-order valence-electron chi connectivity index (χ2n) is 5.99. The number of hydrogen-bond donors (Lipinski definition) is 1. The van der Waals surface area contributed by atoms with Crippen molar-refractivity contribution in [3.63, 3.8) is 0 Å². The molecule has 23 heavy (non-hydrogen) atoms. The maximum Gasteiger partial charge on any atom is 0.158 e. The minimum absolute atomic E-state index is 0.0683. The first-order chi connectivity index (χ1) is 11.2. The molecule has 1 aliphatic rings. The second-order valence-corrected chi connectivity index (χ2v) is 5.99. The Morgan fingerprint density at radius 1 is 1.09 bits per heavy atom. The predicted octanol–water partition coefficient (Wildman–Crippen LogP) is 1.25. The maximum absolute atomic E-state index is 9.21. The fourth-order valence-electron chi connectivity index (χ4n) is 2.89. The molecule has 0 bridgehead atoms. The Morgan fingerprint density at radius 2 is 1.78 bits per heavy atom. The molecule has 2 aromatic rings. The Labute approximate surface area is 137 Å². The van der Waals surface area contributed by atoms with Crippen LogP contribution in [0.5, 0.6) is 0 Å². The van der Waals surface area contributed by atoms with Gasteiger partial charge in [0.25, 0.3) is 0 Å². The standard InChI is InChI=1S/C17H25N5O/c1-3-16-18-17(22(19-16)12-13-23)14-4-6-15(7-5-14)21-10-8-20(2)9-11-21/h4-7,23H,3,8-13H2,1-2H3. The summed E-state index contributed by atoms with van der Waals surface area (Å²) in [5.41, 5.74) is 2.30. The molecule has 1 aromatic heterocycles. The molecule has 0 unspecified atom stereocenters. The highest BCUT2D eigenvalue weighted by atomic mass is 16.3. The molecule has 0 spiro atoms. The van der Waals surface area contributed by atoms with Gasteiger partial charge in [-0.15, -0.1) is 0 Å². The van der Waals surface area contributed by atoms with Crippen molar-refractivity contribution in [3.8, 4) is 11.4 Å². The quantitative estimate of drug-likeness (QED) is 0.900. The summed E-state index contributed by atoms with van der Waals surface area (Å²) in [4.78, 5) is 9.36. The number of nitrogens with zero attached hydrogens (tertiary/aromatic N) is 5. The summed E-state index contributed by atoms with van der Waals surface area (Å²) in [5, 5.41) is 13.7. The van der Waals surface area contributed by atoms with Crippen LogP contribution in [0.25, 0.3) is 11.4 Å². The Kier molecular flexibility index (Phi) is 4.93. The molecule has 0 aliphatic carbocycles. The van der Waals surface area contributed by atoms with E-state index in [0.29, 0.717) is 6.54 Å². The van der Waals surface area contributed by atoms with Crippen LogP contribution in [0.1, 0.15) is 12.7 Å². The van der Waals surface area contributed by atoms with Gasteiger partial charge >= 0.3 is 0 Å². The number of aromatic nitrogens is 3. The van der Waals surface area contributed by atoms with Gasteiger partial charge in [0.15, 0.2) is 11.6 Å². The second kappa shape index (κ2) is 7.10. The first kappa shape index (κ1) is 16.0. The first-order valence-electron chi connectivity index (χ1n) is 8.29. The van der Waals surface area contributed by atoms with Crippen LogP contribution in [0.15, 0.2) is 24.3 Å². The van der Waals surface area contributed by atoms with Gasteiger partial charge in [0.2, 0.25) is 0 Å². The molecule has 0 saturated carbocycles. The number of likely N-dealkylation sites (N-methyl/N-ethyl adjacent to an activating group) is 1. The van der Waals surface area contributed by atoms with Crippen molar-refractivity contribution in [2.75, 3.05) is 44.7 Å². The van der Waals surface area contributed by atoms with Crippen LogP contribution in [0.3, 0.4) is 0 Å². The van der Waals surface area contributed by atoms with Crippen LogP contribution < -0.4 is 4.90 Å². The van der Waals surface area contributed by atoms with Gasteiger partial charge in [-0.05, 0) is 31.3 Å². The highest BCUT2D eigenvalue weighted by Crippen LogP contribution is 2.23. The fraction of sp³-hybridized carbons (Fsp3) is 0.529. The summed E-state index contributed by atoms with van der Waals surface area (Å²) in [5.74, 6) is 1.65. The molecule has 0 amide bonds. The van der Waals surface area contributed by atoms with E-state index >= 15 is 0 Å². The van der Waals surface area contributed by atoms with E-state index in [1.807, 2.05) is 6.92 Å². The third-order valence-corrected chi connectivity index (χ3v) is 4.34. The molecular formula is C17H25N5O. The average molecular weight is 315 g/mol. The smallest absolute Gasteiger partial charge is 0.158 e. The zero-order chi connectivity index (χ0) is 16.2. The lowest BCUT2D eigenvalue weighted by Crippen LogP contribution is -2.44. The van der Waals surface area contributed by atoms with Crippen molar-refractivity contribution in [1.82, 2.24) is 19.7 Å². The molecular weight excluding hydrogens is 290 g/mol. The number of rotatable bonds is 5. The van der Waals surface area contributed by atoms with Gasteiger partial charge in [0.1, 0.15) is 0 Å². The van der Waals surface area contributed by atoms with Crippen molar-refractivity contribution in [3.05, 3.63) is 30.1 Å². The van der Waals surface area contributed by atoms with Gasteiger partial charge in [-0.3, -0.25) is 0 Å². The summed E-state index contributed by atoms with van der Waals surface area (Å²) in [6.07, 6.45) is 0.796. The summed E-state index contributed by atoms with van der Waals surface area (Å²) in [7, 11) is 2.17. The van der Waals surface area contributed by atoms with E-state index in [0.717, 1.165) is 49.8 Å². The molecule has 1 aromatic carbocycles. The molecule has 0 atom stereocenters. The first-order valence-corrected chi connectivity index (χ1v) is 8.29. The number of aliphatic hydroxyl groups is 1. The van der Waals surface area contributed by atoms with E-state index in [1.165, 1.54) is 5.69 Å². The van der Waals surface area contributed by atoms with Gasteiger partial charge in [0.05, 0.1) is 13.2 Å². The molecule has 2 heterocycles. The Balaban J connectivity index is 1.80. The molecule has 6 heteroatoms. The van der Waals surface area contributed by atoms with Crippen LogP contribution in [0, 0.1) is 0 Å². The topological polar surface area (TPSA) is 57.4 Å². The van der Waals surface area contributed by atoms with Crippen molar-refractivity contribution in [2.45, 2.75) is 19.9 Å². The lowest BCUT2D eigenvalue weighted by molar-refractivity contribution is 0.270. The third-order valence-electron chi connectivity index (χ3n) is 4.34. The molecule has 1 saturated heterocycles. The van der Waals surface area contributed by atoms with Gasteiger partial charge in [-0.1, -0.05) is 6.92 Å². The van der Waals surface area contributed by atoms with Crippen molar-refractivity contribution in [2.24, 2.45) is 0 Å². The highest BCUT2D eigenvalue weighted by Gasteiger charge is 2.15. The number of aryl methyl sites for hydroxylation is 1. The number of benzene rings is 1. The fourth-order valence-corrected chi connectivity index (χ4v) is 2.89. The van der Waals surface area contributed by atoms with Gasteiger partial charge in [-0.25, -0.2) is 9.67 Å². The molecule has 1 aliphatic heterocycles. The minimum atomic E-state index is 0.0683. The van der Waals surface area contributed by atoms with Gasteiger partial charge in [-0.2, -0.15) is 5.10 Å². The van der Waals surface area contributed by atoms with E-state index in [2.05, 4.69) is 51.2 Å². The Hall–Kier alpha value is -1.92. The SMILES string of the molecule is CCc1nc(-c2ccc(N3CCN(C)CC3)cc2)n(CCO)n1. The predicted molar refractivity (Wildman–Crippen MR) is 91.6 cm³/mol. The Morgan fingerprint density at radius 3 is 2.39 bits per heavy atom. The monoisotopic (exact) mass is 315 g/mol. The van der Waals surface area contributed by atoms with Crippen LogP contribution in [-0.4, -0.2) is 64.6 Å². The normalized spacial score (nSPS) is 16.0. The van der Waals surface area contributed by atoms with Gasteiger partial charge in [0, 0.05) is 43.9 Å². The molecule has 0 radical (unpaired) electrons. The zero-order valence-electron chi connectivity index (χ0n) is 13.9. The van der Waals surface area contributed by atoms with Crippen LogP contribution in [0.4, 0.5) is 5.69 Å². The van der Waals surface area contributed by atoms with E-state index < -0.39 is 0 Å². The highest BCUT2D eigenvalue weighted by molar-refractivity contribution is 5.61. The molecule has 1 fully saturated rings. The summed E-state index contributed by atoms with van der Waals surface area (Å²) < 4.78 is 1.80. The zero-order valence-corrected chi connectivity index (χ0v) is 13.9. The number of anilines is 1. The largest absolute Gasteiger partial charge is 0.394 e. The van der Waals surface area contributed by atoms with Crippen molar-refractivity contribution in [1.29, 1.82) is 0 Å². The van der Waals surface area contributed by atoms with E-state index in [4.69, 9.17) is 0 Å². The van der Waals surface area contributed by atoms with Crippen LogP contribution in [-0.2, 0) is 13.0 Å². The molecule has 124 valence electrons. The summed E-state index contributed by atoms with van der Waals surface area (Å²) in [6.45, 7) is 6.92. The molecule has 3 rings (SSSR count). The molecule has 6 nitrogen and oxygen atoms in total. The average Bonchev–Trinajstić information content (AvgIpc) is 2.99. The number of piperazine rings is 1. The van der Waals surface area contributed by atoms with E-state index in [9.17, 15) is 5.11 Å². The van der Waals surface area contributed by atoms with Crippen molar-refractivity contribution < 1.29 is 5.11 Å². The molecule has 1 N–H and O–H groups in total. The lowest BCUT2D eigenvalue weighted by Gasteiger charge is -2.34. The lowest BCUT2D eigenvalue weighted by atomic mass is 10.1. The number of aliphatic hydroxyl groups excluding tert-OH is 1. The van der Waals surface area contributed by atoms with Crippen LogP contribution in [0.2, 0.25) is 0 Å². The van der Waals surface area contributed by atoms with Crippen LogP contribution >= 0.6 is 0 Å². The summed E-state index contributed by atoms with van der Waals surface area (Å²) >= 11 is 0. The van der Waals surface area contributed by atoms with E-state index in [1.54, 1.807) is 4.68 Å². The minimum Gasteiger partial charge on any atom is -0.394 e. The number of hydrogen-bond acceptors (Lipinski definition) is 5. The summed E-state index contributed by atoms with van der Waals surface area (Å²) in [6, 6.07) is 8.52. The Bertz CT molecular complexity index is 629. The van der Waals surface area contributed by atoms with Gasteiger partial charge < -0.3 is 14.9 Å².